The summed E-state index contributed by atoms with van der Waals surface area (Å²) in [6, 6.07) is 11.6. The van der Waals surface area contributed by atoms with Crippen LogP contribution in [0.1, 0.15) is 94.7 Å². The fourth-order valence-corrected chi connectivity index (χ4v) is 5.48. The molecular weight excluding hydrogens is 615 g/mol. The second kappa shape index (κ2) is 27.6. The topological polar surface area (TPSA) is 135 Å². The molecule has 0 radical (unpaired) electrons. The van der Waals surface area contributed by atoms with Gasteiger partial charge in [-0.15, -0.1) is 13.2 Å². The van der Waals surface area contributed by atoms with Crippen LogP contribution in [0.3, 0.4) is 0 Å². The Labute approximate surface area is 288 Å². The van der Waals surface area contributed by atoms with E-state index in [1.807, 2.05) is 6.07 Å². The molecule has 276 valence electrons. The van der Waals surface area contributed by atoms with Gasteiger partial charge >= 0.3 is 6.36 Å². The van der Waals surface area contributed by atoms with E-state index in [9.17, 15) is 13.2 Å². The normalized spacial score (nSPS) is 11.5. The van der Waals surface area contributed by atoms with E-state index >= 15 is 0 Å². The van der Waals surface area contributed by atoms with Gasteiger partial charge < -0.3 is 43.2 Å². The number of hydrogen-bond acceptors (Lipinski definition) is 8. The molecule has 0 aliphatic heterocycles. The second-order valence-corrected chi connectivity index (χ2v) is 12.3. The van der Waals surface area contributed by atoms with Crippen molar-refractivity contribution < 1.29 is 17.9 Å². The van der Waals surface area contributed by atoms with Crippen LogP contribution in [0.5, 0.6) is 5.75 Å². The standard InChI is InChI=1S/C36H62F3N7O.CH4/c37-36(38,39)47-35-14-13-32(27-34(35)29-46-23-11-22-44-21-10-17-42)33-25-30(12-5-4-8-18-43-20-9-16-41)24-31(26-33)28-45-19-7-3-1-2-6-15-40;/h13-14,24-27,43-46H,1-12,15-23,28-29,40-42H2;1H4. The molecule has 0 spiro atoms. The summed E-state index contributed by atoms with van der Waals surface area (Å²) in [6.07, 6.45) is 8.06. The third kappa shape index (κ3) is 21.0. The Morgan fingerprint density at radius 1 is 0.521 bits per heavy atom. The minimum Gasteiger partial charge on any atom is -0.405 e. The van der Waals surface area contributed by atoms with Gasteiger partial charge in [0.15, 0.2) is 0 Å². The number of unbranched alkanes of at least 4 members (excludes halogenated alkanes) is 6. The first-order valence-corrected chi connectivity index (χ1v) is 17.8. The number of halogens is 3. The predicted octanol–water partition coefficient (Wildman–Crippen LogP) is 5.96. The molecule has 0 unspecified atom stereocenters. The van der Waals surface area contributed by atoms with Crippen LogP contribution in [0.25, 0.3) is 11.1 Å². The van der Waals surface area contributed by atoms with Crippen molar-refractivity contribution in [1.82, 2.24) is 21.3 Å². The van der Waals surface area contributed by atoms with Crippen LogP contribution in [0.15, 0.2) is 36.4 Å². The number of aryl methyl sites for hydroxylation is 1. The molecule has 0 heterocycles. The predicted molar refractivity (Wildman–Crippen MR) is 196 cm³/mol. The van der Waals surface area contributed by atoms with Crippen molar-refractivity contribution in [3.05, 3.63) is 53.1 Å². The van der Waals surface area contributed by atoms with E-state index in [0.29, 0.717) is 25.2 Å². The zero-order valence-corrected chi connectivity index (χ0v) is 28.5. The van der Waals surface area contributed by atoms with Crippen molar-refractivity contribution in [2.45, 2.75) is 104 Å². The number of nitrogens with one attached hydrogen (secondary N) is 4. The number of hydrogen-bond donors (Lipinski definition) is 7. The first-order chi connectivity index (χ1) is 22.9. The summed E-state index contributed by atoms with van der Waals surface area (Å²) in [7, 11) is 0. The highest BCUT2D eigenvalue weighted by Gasteiger charge is 2.32. The molecule has 10 N–H and O–H groups in total. The van der Waals surface area contributed by atoms with Crippen LogP contribution in [0, 0.1) is 0 Å². The van der Waals surface area contributed by atoms with Gasteiger partial charge in [0.05, 0.1) is 0 Å². The molecule has 0 aliphatic carbocycles. The summed E-state index contributed by atoms with van der Waals surface area (Å²) in [5, 5.41) is 13.6. The third-order valence-electron chi connectivity index (χ3n) is 8.02. The Hall–Kier alpha value is -2.25. The van der Waals surface area contributed by atoms with E-state index in [1.165, 1.54) is 36.5 Å². The Kier molecular flexibility index (Phi) is 25.1. The van der Waals surface area contributed by atoms with Crippen LogP contribution >= 0.6 is 0 Å². The highest BCUT2D eigenvalue weighted by Crippen LogP contribution is 2.32. The fraction of sp³-hybridized carbons (Fsp3) is 0.676. The molecule has 8 nitrogen and oxygen atoms in total. The average Bonchev–Trinajstić information content (AvgIpc) is 3.04. The van der Waals surface area contributed by atoms with Gasteiger partial charge in [0.25, 0.3) is 0 Å². The first-order valence-electron chi connectivity index (χ1n) is 17.8. The highest BCUT2D eigenvalue weighted by atomic mass is 19.4. The molecule has 0 amide bonds. The monoisotopic (exact) mass is 682 g/mol. The SMILES string of the molecule is C.NCCCCCCCNCc1cc(CCCCCNCCCN)cc(-c2ccc(OC(F)(F)F)c(CNCCCNCCCN)c2)c1. The van der Waals surface area contributed by atoms with E-state index in [0.717, 1.165) is 115 Å². The lowest BCUT2D eigenvalue weighted by atomic mass is 9.95. The van der Waals surface area contributed by atoms with E-state index in [2.05, 4.69) is 44.2 Å². The molecule has 0 aliphatic rings. The summed E-state index contributed by atoms with van der Waals surface area (Å²) in [6.45, 7) is 8.39. The first kappa shape index (κ1) is 43.8. The number of nitrogens with two attached hydrogens (primary N) is 3. The molecule has 2 aromatic carbocycles. The van der Waals surface area contributed by atoms with Crippen LogP contribution in [0.4, 0.5) is 13.2 Å². The Balaban J connectivity index is 0.0000115. The van der Waals surface area contributed by atoms with Gasteiger partial charge in [0.1, 0.15) is 5.75 Å². The van der Waals surface area contributed by atoms with E-state index in [1.54, 1.807) is 6.07 Å². The largest absolute Gasteiger partial charge is 0.573 e. The Morgan fingerprint density at radius 3 is 1.75 bits per heavy atom. The van der Waals surface area contributed by atoms with Gasteiger partial charge in [-0.2, -0.15) is 0 Å². The summed E-state index contributed by atoms with van der Waals surface area (Å²) >= 11 is 0. The summed E-state index contributed by atoms with van der Waals surface area (Å²) in [5.41, 5.74) is 21.5. The highest BCUT2D eigenvalue weighted by molar-refractivity contribution is 5.67. The van der Waals surface area contributed by atoms with Crippen molar-refractivity contribution in [1.29, 1.82) is 0 Å². The lowest BCUT2D eigenvalue weighted by molar-refractivity contribution is -0.274. The average molecular weight is 682 g/mol. The van der Waals surface area contributed by atoms with E-state index in [-0.39, 0.29) is 19.7 Å². The van der Waals surface area contributed by atoms with Crippen molar-refractivity contribution in [2.75, 3.05) is 58.9 Å². The molecule has 0 saturated carbocycles. The van der Waals surface area contributed by atoms with Crippen LogP contribution in [-0.4, -0.2) is 65.3 Å². The molecule has 2 rings (SSSR count). The number of alkyl halides is 3. The molecular formula is C37H66F3N7O. The van der Waals surface area contributed by atoms with E-state index in [4.69, 9.17) is 17.2 Å². The summed E-state index contributed by atoms with van der Waals surface area (Å²) in [4.78, 5) is 0. The van der Waals surface area contributed by atoms with Crippen LogP contribution < -0.4 is 43.2 Å². The third-order valence-corrected chi connectivity index (χ3v) is 8.02. The maximum atomic E-state index is 13.3. The molecule has 0 fully saturated rings. The Bertz CT molecular complexity index is 1030. The van der Waals surface area contributed by atoms with Gasteiger partial charge in [-0.1, -0.05) is 51.3 Å². The molecule has 2 aromatic rings. The summed E-state index contributed by atoms with van der Waals surface area (Å²) < 4.78 is 44.2. The van der Waals surface area contributed by atoms with Gasteiger partial charge in [0, 0.05) is 18.7 Å². The lowest BCUT2D eigenvalue weighted by Crippen LogP contribution is -2.24. The smallest absolute Gasteiger partial charge is 0.405 e. The van der Waals surface area contributed by atoms with Gasteiger partial charge in [-0.25, -0.2) is 0 Å². The molecule has 0 atom stereocenters. The minimum absolute atomic E-state index is 0. The van der Waals surface area contributed by atoms with Gasteiger partial charge in [-0.3, -0.25) is 0 Å². The lowest BCUT2D eigenvalue weighted by Gasteiger charge is -2.17. The van der Waals surface area contributed by atoms with Crippen molar-refractivity contribution in [2.24, 2.45) is 17.2 Å². The van der Waals surface area contributed by atoms with Crippen LogP contribution in [-0.2, 0) is 19.5 Å². The van der Waals surface area contributed by atoms with Gasteiger partial charge in [-0.05, 0) is 151 Å². The second-order valence-electron chi connectivity index (χ2n) is 12.3. The Morgan fingerprint density at radius 2 is 1.06 bits per heavy atom. The summed E-state index contributed by atoms with van der Waals surface area (Å²) in [5.74, 6) is -0.167. The van der Waals surface area contributed by atoms with Crippen molar-refractivity contribution in [3.8, 4) is 16.9 Å². The molecule has 11 heteroatoms. The van der Waals surface area contributed by atoms with Gasteiger partial charge in [0.2, 0.25) is 0 Å². The number of ether oxygens (including phenoxy) is 1. The van der Waals surface area contributed by atoms with Crippen molar-refractivity contribution >= 4 is 0 Å². The van der Waals surface area contributed by atoms with Crippen molar-refractivity contribution in [3.63, 3.8) is 0 Å². The quantitative estimate of drug-likeness (QED) is 0.0524. The van der Waals surface area contributed by atoms with E-state index < -0.39 is 6.36 Å². The zero-order valence-electron chi connectivity index (χ0n) is 28.5. The zero-order chi connectivity index (χ0) is 34.0. The van der Waals surface area contributed by atoms with Crippen LogP contribution in [0.2, 0.25) is 0 Å². The number of rotatable bonds is 29. The molecule has 0 saturated heterocycles. The fourth-order valence-electron chi connectivity index (χ4n) is 5.48. The number of benzene rings is 2. The maximum Gasteiger partial charge on any atom is 0.573 e. The minimum atomic E-state index is -4.76. The molecule has 0 bridgehead atoms. The molecule has 0 aromatic heterocycles. The maximum absolute atomic E-state index is 13.3. The molecule has 48 heavy (non-hydrogen) atoms.